The van der Waals surface area contributed by atoms with E-state index in [0.29, 0.717) is 32.7 Å². The Hall–Kier alpha value is -2.35. The quantitative estimate of drug-likeness (QED) is 0.0290. The number of hydrogen-bond acceptors (Lipinski definition) is 7. The number of esters is 2. The molecule has 0 bridgehead atoms. The van der Waals surface area contributed by atoms with Crippen molar-refractivity contribution in [3.63, 3.8) is 0 Å². The average molecular weight is 777 g/mol. The Morgan fingerprint density at radius 3 is 1.45 bits per heavy atom. The van der Waals surface area contributed by atoms with Gasteiger partial charge >= 0.3 is 18.0 Å². The van der Waals surface area contributed by atoms with Crippen molar-refractivity contribution in [2.75, 3.05) is 40.5 Å². The lowest BCUT2D eigenvalue weighted by atomic mass is 9.75. The predicted octanol–water partition coefficient (Wildman–Crippen LogP) is 12.7. The standard InChI is InChI=1S/C47H88N2O6/c1-9-11-13-15-17-25-31-37-53-43(50)35-29-23-19-21-27-33-42(48-45(52)55-41-47(5,6)39-46(3,4)40-49(7)8)34-28-22-20-24-30-36-44(51)54-38-32-26-18-16-14-12-10-2/h25-26,31-32,42H,9-24,27-30,33-41H2,1-8H3,(H,48,52)/b31-25-,32-26-. The molecule has 0 aliphatic heterocycles. The Morgan fingerprint density at radius 1 is 0.564 bits per heavy atom. The second-order valence-corrected chi connectivity index (χ2v) is 17.8. The number of carbonyl (C=O) groups excluding carboxylic acids is 3. The van der Waals surface area contributed by atoms with Crippen molar-refractivity contribution < 1.29 is 28.6 Å². The highest BCUT2D eigenvalue weighted by Crippen LogP contribution is 2.34. The minimum Gasteiger partial charge on any atom is -0.461 e. The van der Waals surface area contributed by atoms with Crippen LogP contribution in [0.3, 0.4) is 0 Å². The number of nitrogens with zero attached hydrogens (tertiary/aromatic N) is 1. The minimum absolute atomic E-state index is 0.0742. The highest BCUT2D eigenvalue weighted by atomic mass is 16.6. The normalized spacial score (nSPS) is 12.3. The fourth-order valence-corrected chi connectivity index (χ4v) is 7.57. The third-order valence-electron chi connectivity index (χ3n) is 9.95. The maximum absolute atomic E-state index is 13.0. The first-order chi connectivity index (χ1) is 26.3. The summed E-state index contributed by atoms with van der Waals surface area (Å²) in [4.78, 5) is 39.4. The Bertz CT molecular complexity index is 953. The van der Waals surface area contributed by atoms with Gasteiger partial charge in [0.2, 0.25) is 0 Å². The maximum atomic E-state index is 13.0. The molecule has 1 N–H and O–H groups in total. The van der Waals surface area contributed by atoms with Gasteiger partial charge in [-0.1, -0.05) is 156 Å². The predicted molar refractivity (Wildman–Crippen MR) is 231 cm³/mol. The smallest absolute Gasteiger partial charge is 0.407 e. The average Bonchev–Trinajstić information content (AvgIpc) is 3.11. The summed E-state index contributed by atoms with van der Waals surface area (Å²) in [7, 11) is 4.19. The zero-order chi connectivity index (χ0) is 41.0. The van der Waals surface area contributed by atoms with Gasteiger partial charge in [0.05, 0.1) is 6.61 Å². The molecule has 0 unspecified atom stereocenters. The number of hydrogen-bond donors (Lipinski definition) is 1. The second kappa shape index (κ2) is 34.9. The van der Waals surface area contributed by atoms with Gasteiger partial charge in [-0.05, 0) is 82.7 Å². The summed E-state index contributed by atoms with van der Waals surface area (Å²) in [6, 6.07) is 0.0742. The van der Waals surface area contributed by atoms with Crippen molar-refractivity contribution in [3.05, 3.63) is 24.3 Å². The zero-order valence-corrected chi connectivity index (χ0v) is 37.3. The lowest BCUT2D eigenvalue weighted by molar-refractivity contribution is -0.143. The van der Waals surface area contributed by atoms with E-state index >= 15 is 0 Å². The minimum atomic E-state index is -0.321. The molecule has 0 spiro atoms. The summed E-state index contributed by atoms with van der Waals surface area (Å²) in [6.45, 7) is 15.4. The molecule has 0 atom stereocenters. The van der Waals surface area contributed by atoms with E-state index in [4.69, 9.17) is 14.2 Å². The number of nitrogens with one attached hydrogen (secondary N) is 1. The van der Waals surface area contributed by atoms with Crippen molar-refractivity contribution in [1.82, 2.24) is 10.2 Å². The Balaban J connectivity index is 4.56. The van der Waals surface area contributed by atoms with Crippen LogP contribution in [0.15, 0.2) is 24.3 Å². The number of allylic oxidation sites excluding steroid dienone is 2. The van der Waals surface area contributed by atoms with Crippen LogP contribution < -0.4 is 5.32 Å². The largest absolute Gasteiger partial charge is 0.461 e. The van der Waals surface area contributed by atoms with Gasteiger partial charge in [-0.15, -0.1) is 0 Å². The lowest BCUT2D eigenvalue weighted by Crippen LogP contribution is -2.39. The zero-order valence-electron chi connectivity index (χ0n) is 37.3. The Morgan fingerprint density at radius 2 is 1.00 bits per heavy atom. The number of alkyl carbamates (subject to hydrolysis) is 1. The van der Waals surface area contributed by atoms with Crippen LogP contribution in [0.5, 0.6) is 0 Å². The number of rotatable bonds is 37. The highest BCUT2D eigenvalue weighted by molar-refractivity contribution is 5.69. The molecule has 55 heavy (non-hydrogen) atoms. The van der Waals surface area contributed by atoms with Gasteiger partial charge in [-0.2, -0.15) is 0 Å². The summed E-state index contributed by atoms with van der Waals surface area (Å²) < 4.78 is 16.5. The Kier molecular flexibility index (Phi) is 33.4. The number of unbranched alkanes of at least 4 members (excludes halogenated alkanes) is 16. The molecule has 0 aromatic rings. The molecule has 0 fully saturated rings. The lowest BCUT2D eigenvalue weighted by Gasteiger charge is -2.36. The van der Waals surface area contributed by atoms with Crippen LogP contribution in [-0.2, 0) is 23.8 Å². The van der Waals surface area contributed by atoms with Crippen LogP contribution >= 0.6 is 0 Å². The third kappa shape index (κ3) is 37.0. The molecule has 0 saturated heterocycles. The molecule has 0 aliphatic carbocycles. The van der Waals surface area contributed by atoms with Crippen molar-refractivity contribution in [2.24, 2.45) is 10.8 Å². The first-order valence-corrected chi connectivity index (χ1v) is 22.5. The molecule has 8 nitrogen and oxygen atoms in total. The van der Waals surface area contributed by atoms with Gasteiger partial charge in [0.1, 0.15) is 13.2 Å². The second-order valence-electron chi connectivity index (χ2n) is 17.8. The fourth-order valence-electron chi connectivity index (χ4n) is 7.57. The first kappa shape index (κ1) is 52.6. The van der Waals surface area contributed by atoms with Crippen molar-refractivity contribution >= 4 is 18.0 Å². The molecule has 0 rings (SSSR count). The van der Waals surface area contributed by atoms with Gasteiger partial charge in [-0.3, -0.25) is 9.59 Å². The fraction of sp³-hybridized carbons (Fsp3) is 0.851. The van der Waals surface area contributed by atoms with Crippen LogP contribution in [0.1, 0.15) is 202 Å². The van der Waals surface area contributed by atoms with E-state index in [0.717, 1.165) is 103 Å². The van der Waals surface area contributed by atoms with Crippen LogP contribution in [0, 0.1) is 10.8 Å². The summed E-state index contributed by atoms with van der Waals surface area (Å²) in [5, 5.41) is 3.20. The number of ether oxygens (including phenoxy) is 3. The van der Waals surface area contributed by atoms with Crippen LogP contribution in [0.25, 0.3) is 0 Å². The van der Waals surface area contributed by atoms with E-state index in [9.17, 15) is 14.4 Å². The maximum Gasteiger partial charge on any atom is 0.407 e. The molecule has 0 aromatic heterocycles. The molecular weight excluding hydrogens is 689 g/mol. The van der Waals surface area contributed by atoms with Crippen molar-refractivity contribution in [3.8, 4) is 0 Å². The van der Waals surface area contributed by atoms with Gasteiger partial charge in [-0.25, -0.2) is 4.79 Å². The molecule has 1 amide bonds. The molecule has 0 saturated carbocycles. The van der Waals surface area contributed by atoms with Crippen LogP contribution in [0.4, 0.5) is 4.79 Å². The van der Waals surface area contributed by atoms with E-state index in [1.54, 1.807) is 0 Å². The van der Waals surface area contributed by atoms with E-state index in [1.807, 2.05) is 12.2 Å². The monoisotopic (exact) mass is 777 g/mol. The summed E-state index contributed by atoms with van der Waals surface area (Å²) in [6.07, 6.45) is 33.7. The van der Waals surface area contributed by atoms with Gasteiger partial charge in [0, 0.05) is 25.4 Å². The van der Waals surface area contributed by atoms with Gasteiger partial charge in [0.25, 0.3) is 0 Å². The molecule has 0 aromatic carbocycles. The van der Waals surface area contributed by atoms with Gasteiger partial charge < -0.3 is 24.4 Å². The van der Waals surface area contributed by atoms with Crippen molar-refractivity contribution in [1.29, 1.82) is 0 Å². The number of carbonyl (C=O) groups is 3. The first-order valence-electron chi connectivity index (χ1n) is 22.5. The van der Waals surface area contributed by atoms with E-state index in [2.05, 4.69) is 78.0 Å². The third-order valence-corrected chi connectivity index (χ3v) is 9.95. The summed E-state index contributed by atoms with van der Waals surface area (Å²) in [5.74, 6) is -0.224. The van der Waals surface area contributed by atoms with E-state index in [1.165, 1.54) is 51.4 Å². The van der Waals surface area contributed by atoms with E-state index < -0.39 is 0 Å². The molecular formula is C47H88N2O6. The topological polar surface area (TPSA) is 94.2 Å². The Labute approximate surface area is 339 Å². The molecule has 0 heterocycles. The SMILES string of the molecule is CCCCCC/C=C\COC(=O)CCCCCCCC(CCCCCCCC(=O)OC/C=C\CCCCCC)NC(=O)OCC(C)(C)CC(C)(C)CN(C)C. The number of amides is 1. The highest BCUT2D eigenvalue weighted by Gasteiger charge is 2.30. The van der Waals surface area contributed by atoms with Crippen LogP contribution in [0.2, 0.25) is 0 Å². The molecule has 0 radical (unpaired) electrons. The van der Waals surface area contributed by atoms with Crippen LogP contribution in [-0.4, -0.2) is 69.4 Å². The molecule has 322 valence electrons. The summed E-state index contributed by atoms with van der Waals surface area (Å²) >= 11 is 0. The van der Waals surface area contributed by atoms with Crippen molar-refractivity contribution in [2.45, 2.75) is 208 Å². The van der Waals surface area contributed by atoms with E-state index in [-0.39, 0.29) is 34.9 Å². The molecule has 0 aliphatic rings. The van der Waals surface area contributed by atoms with Gasteiger partial charge in [0.15, 0.2) is 0 Å². The molecule has 8 heteroatoms. The summed E-state index contributed by atoms with van der Waals surface area (Å²) in [5.41, 5.74) is -0.00840.